The lowest BCUT2D eigenvalue weighted by Gasteiger charge is -2.16. The van der Waals surface area contributed by atoms with Gasteiger partial charge in [0.1, 0.15) is 11.9 Å². The van der Waals surface area contributed by atoms with E-state index in [0.717, 1.165) is 36.7 Å². The Bertz CT molecular complexity index is 785. The number of aromatic nitrogens is 2. The number of likely N-dealkylation sites (tertiary alicyclic amines) is 1. The van der Waals surface area contributed by atoms with Crippen LogP contribution in [0.3, 0.4) is 0 Å². The zero-order valence-corrected chi connectivity index (χ0v) is 15.0. The molecule has 130 valence electrons. The summed E-state index contributed by atoms with van der Waals surface area (Å²) in [6.45, 7) is 9.05. The average molecular weight is 336 g/mol. The van der Waals surface area contributed by atoms with Gasteiger partial charge in [0, 0.05) is 49.1 Å². The predicted octanol–water partition coefficient (Wildman–Crippen LogP) is 3.14. The average Bonchev–Trinajstić information content (AvgIpc) is 3.15. The maximum atomic E-state index is 5.72. The SMILES string of the molecule is Cc1cccc(C2=NO[C@H]3CN(Cc4cnc(C(C)C)nc4)C[C@@H]23)c1. The highest BCUT2D eigenvalue weighted by atomic mass is 16.6. The van der Waals surface area contributed by atoms with Crippen molar-refractivity contribution in [3.63, 3.8) is 0 Å². The van der Waals surface area contributed by atoms with Crippen LogP contribution < -0.4 is 0 Å². The molecule has 0 radical (unpaired) electrons. The van der Waals surface area contributed by atoms with Crippen LogP contribution in [-0.2, 0) is 11.4 Å². The van der Waals surface area contributed by atoms with Crippen LogP contribution in [0.25, 0.3) is 0 Å². The summed E-state index contributed by atoms with van der Waals surface area (Å²) in [5, 5.41) is 4.37. The Labute approximate surface area is 148 Å². The highest BCUT2D eigenvalue weighted by Gasteiger charge is 2.42. The number of aryl methyl sites for hydroxylation is 1. The summed E-state index contributed by atoms with van der Waals surface area (Å²) in [6, 6.07) is 8.50. The monoisotopic (exact) mass is 336 g/mol. The van der Waals surface area contributed by atoms with Crippen LogP contribution >= 0.6 is 0 Å². The van der Waals surface area contributed by atoms with E-state index < -0.39 is 0 Å². The lowest BCUT2D eigenvalue weighted by molar-refractivity contribution is 0.0745. The highest BCUT2D eigenvalue weighted by molar-refractivity contribution is 6.03. The Hall–Kier alpha value is -2.27. The van der Waals surface area contributed by atoms with Gasteiger partial charge in [0.25, 0.3) is 0 Å². The first-order valence-electron chi connectivity index (χ1n) is 8.94. The molecular weight excluding hydrogens is 312 g/mol. The summed E-state index contributed by atoms with van der Waals surface area (Å²) in [7, 11) is 0. The maximum Gasteiger partial charge on any atom is 0.149 e. The van der Waals surface area contributed by atoms with Gasteiger partial charge < -0.3 is 4.84 Å². The molecule has 0 spiro atoms. The summed E-state index contributed by atoms with van der Waals surface area (Å²) in [4.78, 5) is 17.1. The first kappa shape index (κ1) is 16.2. The molecule has 2 atom stereocenters. The molecule has 0 N–H and O–H groups in total. The molecule has 0 saturated carbocycles. The molecule has 5 heteroatoms. The van der Waals surface area contributed by atoms with Crippen molar-refractivity contribution in [1.82, 2.24) is 14.9 Å². The molecular formula is C20H24N4O. The topological polar surface area (TPSA) is 50.6 Å². The van der Waals surface area contributed by atoms with Gasteiger partial charge in [-0.2, -0.15) is 0 Å². The lowest BCUT2D eigenvalue weighted by Crippen LogP contribution is -2.23. The van der Waals surface area contributed by atoms with Gasteiger partial charge in [0.15, 0.2) is 0 Å². The predicted molar refractivity (Wildman–Crippen MR) is 97.5 cm³/mol. The van der Waals surface area contributed by atoms with Crippen LogP contribution in [0.5, 0.6) is 0 Å². The van der Waals surface area contributed by atoms with Gasteiger partial charge in [-0.05, 0) is 6.92 Å². The standard InChI is InChI=1S/C20H24N4O/c1-13(2)20-21-8-15(9-22-20)10-24-11-17-18(12-24)25-23-19(17)16-6-4-5-14(3)7-16/h4-9,13,17-18H,10-12H2,1-3H3/t17-,18+/m1/s1. The molecule has 5 nitrogen and oxygen atoms in total. The van der Waals surface area contributed by atoms with Crippen LogP contribution in [0, 0.1) is 12.8 Å². The number of fused-ring (bicyclic) bond motifs is 1. The third kappa shape index (κ3) is 3.29. The van der Waals surface area contributed by atoms with Crippen LogP contribution in [0.15, 0.2) is 41.8 Å². The van der Waals surface area contributed by atoms with Gasteiger partial charge in [-0.1, -0.05) is 48.8 Å². The van der Waals surface area contributed by atoms with Crippen molar-refractivity contribution in [2.45, 2.75) is 39.3 Å². The Balaban J connectivity index is 1.44. The largest absolute Gasteiger partial charge is 0.390 e. The normalized spacial score (nSPS) is 22.8. The summed E-state index contributed by atoms with van der Waals surface area (Å²) in [6.07, 6.45) is 4.06. The minimum atomic E-state index is 0.159. The van der Waals surface area contributed by atoms with Crippen molar-refractivity contribution in [3.8, 4) is 0 Å². The summed E-state index contributed by atoms with van der Waals surface area (Å²) in [5.74, 6) is 1.61. The third-order valence-corrected chi connectivity index (χ3v) is 4.94. The summed E-state index contributed by atoms with van der Waals surface area (Å²) in [5.41, 5.74) is 4.67. The van der Waals surface area contributed by atoms with E-state index in [1.165, 1.54) is 11.1 Å². The van der Waals surface area contributed by atoms with E-state index in [1.54, 1.807) is 0 Å². The fourth-order valence-electron chi connectivity index (χ4n) is 3.62. The molecule has 1 aromatic heterocycles. The van der Waals surface area contributed by atoms with E-state index >= 15 is 0 Å². The van der Waals surface area contributed by atoms with Crippen LogP contribution in [0.1, 0.15) is 42.3 Å². The molecule has 2 aliphatic rings. The van der Waals surface area contributed by atoms with Crippen LogP contribution in [0.4, 0.5) is 0 Å². The quantitative estimate of drug-likeness (QED) is 0.861. The van der Waals surface area contributed by atoms with E-state index in [4.69, 9.17) is 4.84 Å². The minimum Gasteiger partial charge on any atom is -0.390 e. The zero-order chi connectivity index (χ0) is 17.4. The van der Waals surface area contributed by atoms with Gasteiger partial charge in [-0.15, -0.1) is 0 Å². The van der Waals surface area contributed by atoms with E-state index in [2.05, 4.69) is 65.1 Å². The second-order valence-electron chi connectivity index (χ2n) is 7.39. The Morgan fingerprint density at radius 2 is 2.00 bits per heavy atom. The van der Waals surface area contributed by atoms with Crippen molar-refractivity contribution in [1.29, 1.82) is 0 Å². The van der Waals surface area contributed by atoms with Gasteiger partial charge in [-0.3, -0.25) is 4.90 Å². The molecule has 0 amide bonds. The van der Waals surface area contributed by atoms with E-state index in [-0.39, 0.29) is 6.10 Å². The molecule has 1 aromatic carbocycles. The molecule has 4 rings (SSSR count). The van der Waals surface area contributed by atoms with Crippen molar-refractivity contribution < 1.29 is 4.84 Å². The van der Waals surface area contributed by atoms with E-state index in [1.807, 2.05) is 12.4 Å². The number of rotatable bonds is 4. The van der Waals surface area contributed by atoms with Crippen LogP contribution in [-0.4, -0.2) is 39.8 Å². The molecule has 2 aliphatic heterocycles. The molecule has 0 bridgehead atoms. The Morgan fingerprint density at radius 3 is 2.72 bits per heavy atom. The molecule has 0 aliphatic carbocycles. The van der Waals surface area contributed by atoms with E-state index in [0.29, 0.717) is 11.8 Å². The number of benzene rings is 1. The van der Waals surface area contributed by atoms with Gasteiger partial charge in [0.05, 0.1) is 11.6 Å². The molecule has 0 unspecified atom stereocenters. The van der Waals surface area contributed by atoms with Gasteiger partial charge in [0.2, 0.25) is 0 Å². The Kier molecular flexibility index (Phi) is 4.25. The number of hydrogen-bond acceptors (Lipinski definition) is 5. The summed E-state index contributed by atoms with van der Waals surface area (Å²) >= 11 is 0. The molecule has 25 heavy (non-hydrogen) atoms. The van der Waals surface area contributed by atoms with Crippen LogP contribution in [0.2, 0.25) is 0 Å². The molecule has 1 saturated heterocycles. The fraction of sp³-hybridized carbons (Fsp3) is 0.450. The van der Waals surface area contributed by atoms with Gasteiger partial charge >= 0.3 is 0 Å². The van der Waals surface area contributed by atoms with Crippen molar-refractivity contribution in [3.05, 3.63) is 59.2 Å². The highest BCUT2D eigenvalue weighted by Crippen LogP contribution is 2.31. The zero-order valence-electron chi connectivity index (χ0n) is 15.0. The number of hydrogen-bond donors (Lipinski definition) is 0. The van der Waals surface area contributed by atoms with Gasteiger partial charge in [-0.25, -0.2) is 9.97 Å². The number of oxime groups is 1. The van der Waals surface area contributed by atoms with Crippen molar-refractivity contribution in [2.75, 3.05) is 13.1 Å². The second kappa shape index (κ2) is 6.56. The second-order valence-corrected chi connectivity index (χ2v) is 7.39. The van der Waals surface area contributed by atoms with E-state index in [9.17, 15) is 0 Å². The first-order chi connectivity index (χ1) is 12.1. The maximum absolute atomic E-state index is 5.72. The lowest BCUT2D eigenvalue weighted by atomic mass is 9.94. The minimum absolute atomic E-state index is 0.159. The summed E-state index contributed by atoms with van der Waals surface area (Å²) < 4.78 is 0. The molecule has 1 fully saturated rings. The number of nitrogens with zero attached hydrogens (tertiary/aromatic N) is 4. The first-order valence-corrected chi connectivity index (χ1v) is 8.94. The fourth-order valence-corrected chi connectivity index (χ4v) is 3.62. The van der Waals surface area contributed by atoms with Crippen molar-refractivity contribution >= 4 is 5.71 Å². The Morgan fingerprint density at radius 1 is 1.20 bits per heavy atom. The molecule has 2 aromatic rings. The van der Waals surface area contributed by atoms with Crippen molar-refractivity contribution in [2.24, 2.45) is 11.1 Å². The molecule has 3 heterocycles. The smallest absolute Gasteiger partial charge is 0.149 e. The third-order valence-electron chi connectivity index (χ3n) is 4.94.